The summed E-state index contributed by atoms with van der Waals surface area (Å²) in [5.41, 5.74) is 2.25. The fourth-order valence-electron chi connectivity index (χ4n) is 2.15. The van der Waals surface area contributed by atoms with E-state index in [1.54, 1.807) is 18.4 Å². The normalized spacial score (nSPS) is 11.9. The van der Waals surface area contributed by atoms with Crippen LogP contribution in [0.3, 0.4) is 0 Å². The Hall–Kier alpha value is -1.33. The topological polar surface area (TPSA) is 43.4 Å². The molecule has 1 aromatic heterocycles. The van der Waals surface area contributed by atoms with Gasteiger partial charge in [-0.1, -0.05) is 32.1 Å². The van der Waals surface area contributed by atoms with E-state index in [9.17, 15) is 0 Å². The summed E-state index contributed by atoms with van der Waals surface area (Å²) < 4.78 is 12.0. The number of rotatable bonds is 6. The average Bonchev–Trinajstić information content (AvgIpc) is 2.79. The van der Waals surface area contributed by atoms with Crippen molar-refractivity contribution in [2.24, 2.45) is 0 Å². The molecule has 1 N–H and O–H groups in total. The summed E-state index contributed by atoms with van der Waals surface area (Å²) in [5.74, 6) is 0.963. The molecule has 0 atom stereocenters. The van der Waals surface area contributed by atoms with Gasteiger partial charge < -0.3 is 14.8 Å². The van der Waals surface area contributed by atoms with Crippen LogP contribution < -0.4 is 10.1 Å². The van der Waals surface area contributed by atoms with E-state index in [0.717, 1.165) is 27.6 Å². The Morgan fingerprint density at radius 3 is 2.67 bits per heavy atom. The van der Waals surface area contributed by atoms with Gasteiger partial charge in [0.15, 0.2) is 5.13 Å². The highest BCUT2D eigenvalue weighted by Gasteiger charge is 2.21. The summed E-state index contributed by atoms with van der Waals surface area (Å²) in [5, 5.41) is 4.21. The third-order valence-electron chi connectivity index (χ3n) is 3.18. The second-order valence-electron chi connectivity index (χ2n) is 5.94. The van der Waals surface area contributed by atoms with Crippen LogP contribution >= 0.6 is 11.3 Å². The Kier molecular flexibility index (Phi) is 5.06. The van der Waals surface area contributed by atoms with Gasteiger partial charge in [0.2, 0.25) is 0 Å². The third kappa shape index (κ3) is 3.86. The van der Waals surface area contributed by atoms with E-state index < -0.39 is 0 Å². The van der Waals surface area contributed by atoms with E-state index in [0.29, 0.717) is 13.2 Å². The number of hydrogen-bond acceptors (Lipinski definition) is 5. The van der Waals surface area contributed by atoms with Crippen LogP contribution in [0.15, 0.2) is 12.1 Å². The summed E-state index contributed by atoms with van der Waals surface area (Å²) in [6.07, 6.45) is 0. The van der Waals surface area contributed by atoms with E-state index >= 15 is 0 Å². The highest BCUT2D eigenvalue weighted by molar-refractivity contribution is 7.22. The van der Waals surface area contributed by atoms with Crippen molar-refractivity contribution in [3.63, 3.8) is 0 Å². The predicted octanol–water partition coefficient (Wildman–Crippen LogP) is 4.05. The minimum atomic E-state index is 0.0337. The lowest BCUT2D eigenvalue weighted by Gasteiger charge is -2.22. The van der Waals surface area contributed by atoms with Crippen LogP contribution in [-0.2, 0) is 10.2 Å². The van der Waals surface area contributed by atoms with Crippen molar-refractivity contribution in [2.75, 3.05) is 32.2 Å². The lowest BCUT2D eigenvalue weighted by molar-refractivity contribution is 0.211. The maximum Gasteiger partial charge on any atom is 0.183 e. The van der Waals surface area contributed by atoms with Gasteiger partial charge >= 0.3 is 0 Å². The van der Waals surface area contributed by atoms with E-state index in [4.69, 9.17) is 9.47 Å². The first-order chi connectivity index (χ1) is 9.95. The molecule has 0 fully saturated rings. The number of methoxy groups -OCH3 is 1. The largest absolute Gasteiger partial charge is 0.494 e. The molecule has 0 bridgehead atoms. The molecule has 0 amide bonds. The van der Waals surface area contributed by atoms with Gasteiger partial charge in [-0.15, -0.1) is 0 Å². The van der Waals surface area contributed by atoms with Gasteiger partial charge in [0.1, 0.15) is 5.75 Å². The number of fused-ring (bicyclic) bond motifs is 1. The summed E-state index contributed by atoms with van der Waals surface area (Å²) in [6.45, 7) is 10.7. The molecule has 0 aliphatic heterocycles. The smallest absolute Gasteiger partial charge is 0.183 e. The number of benzene rings is 1. The molecule has 0 saturated heterocycles. The summed E-state index contributed by atoms with van der Waals surface area (Å²) in [4.78, 5) is 4.66. The zero-order valence-corrected chi connectivity index (χ0v) is 14.3. The molecule has 0 aliphatic carbocycles. The van der Waals surface area contributed by atoms with Gasteiger partial charge in [-0.2, -0.15) is 0 Å². The van der Waals surface area contributed by atoms with Crippen molar-refractivity contribution in [3.8, 4) is 5.75 Å². The number of nitrogens with one attached hydrogen (secondary N) is 1. The van der Waals surface area contributed by atoms with Crippen molar-refractivity contribution < 1.29 is 9.47 Å². The molecule has 0 unspecified atom stereocenters. The van der Waals surface area contributed by atoms with E-state index in [-0.39, 0.29) is 5.41 Å². The van der Waals surface area contributed by atoms with Gasteiger partial charge in [-0.05, 0) is 24.5 Å². The summed E-state index contributed by atoms with van der Waals surface area (Å²) >= 11 is 1.65. The number of ether oxygens (including phenoxy) is 2. The van der Waals surface area contributed by atoms with Gasteiger partial charge in [-0.3, -0.25) is 0 Å². The standard InChI is InChI=1S/C16H24N2O2S/c1-6-20-13-10-14-12(9-11(13)16(2,3)4)18-15(21-14)17-7-8-19-5/h9-10H,6-8H2,1-5H3,(H,17,18). The van der Waals surface area contributed by atoms with Gasteiger partial charge in [0.25, 0.3) is 0 Å². The zero-order valence-electron chi connectivity index (χ0n) is 13.4. The molecule has 116 valence electrons. The second-order valence-corrected chi connectivity index (χ2v) is 6.97. The lowest BCUT2D eigenvalue weighted by atomic mass is 9.86. The molecule has 4 nitrogen and oxygen atoms in total. The Bertz CT molecular complexity index is 602. The first-order valence-corrected chi connectivity index (χ1v) is 8.08. The van der Waals surface area contributed by atoms with Crippen molar-refractivity contribution >= 4 is 26.7 Å². The second kappa shape index (κ2) is 6.62. The van der Waals surface area contributed by atoms with Crippen molar-refractivity contribution in [2.45, 2.75) is 33.1 Å². The fraction of sp³-hybridized carbons (Fsp3) is 0.562. The highest BCUT2D eigenvalue weighted by atomic mass is 32.1. The SMILES string of the molecule is CCOc1cc2sc(NCCOC)nc2cc1C(C)(C)C. The van der Waals surface area contributed by atoms with E-state index in [1.165, 1.54) is 5.56 Å². The number of anilines is 1. The minimum absolute atomic E-state index is 0.0337. The molecule has 0 spiro atoms. The molecule has 0 aliphatic rings. The van der Waals surface area contributed by atoms with E-state index in [1.807, 2.05) is 6.92 Å². The molecule has 2 aromatic rings. The van der Waals surface area contributed by atoms with Gasteiger partial charge in [0.05, 0.1) is 23.4 Å². The van der Waals surface area contributed by atoms with Crippen LogP contribution in [-0.4, -0.2) is 31.9 Å². The molecule has 0 saturated carbocycles. The molecule has 5 heteroatoms. The Morgan fingerprint density at radius 1 is 1.29 bits per heavy atom. The summed E-state index contributed by atoms with van der Waals surface area (Å²) in [7, 11) is 1.70. The highest BCUT2D eigenvalue weighted by Crippen LogP contribution is 2.37. The molecular weight excluding hydrogens is 284 g/mol. The number of thiazole rings is 1. The Morgan fingerprint density at radius 2 is 2.05 bits per heavy atom. The molecule has 2 rings (SSSR count). The van der Waals surface area contributed by atoms with Crippen LogP contribution in [0.1, 0.15) is 33.3 Å². The monoisotopic (exact) mass is 308 g/mol. The molecule has 0 radical (unpaired) electrons. The first-order valence-electron chi connectivity index (χ1n) is 7.26. The lowest BCUT2D eigenvalue weighted by Crippen LogP contribution is -2.13. The van der Waals surface area contributed by atoms with Crippen molar-refractivity contribution in [1.29, 1.82) is 0 Å². The molecule has 1 aromatic carbocycles. The number of aromatic nitrogens is 1. The van der Waals surface area contributed by atoms with Gasteiger partial charge in [0, 0.05) is 19.2 Å². The molecule has 1 heterocycles. The van der Waals surface area contributed by atoms with Crippen LogP contribution in [0.5, 0.6) is 5.75 Å². The minimum Gasteiger partial charge on any atom is -0.494 e. The van der Waals surface area contributed by atoms with Crippen LogP contribution in [0.25, 0.3) is 10.2 Å². The average molecular weight is 308 g/mol. The Labute approximate surface area is 130 Å². The van der Waals surface area contributed by atoms with E-state index in [2.05, 4.69) is 43.2 Å². The number of nitrogens with zero attached hydrogens (tertiary/aromatic N) is 1. The molecular formula is C16H24N2O2S. The predicted molar refractivity (Wildman–Crippen MR) is 89.9 cm³/mol. The van der Waals surface area contributed by atoms with Crippen molar-refractivity contribution in [1.82, 2.24) is 4.98 Å². The summed E-state index contributed by atoms with van der Waals surface area (Å²) in [6, 6.07) is 4.26. The van der Waals surface area contributed by atoms with Crippen molar-refractivity contribution in [3.05, 3.63) is 17.7 Å². The van der Waals surface area contributed by atoms with Crippen LogP contribution in [0.4, 0.5) is 5.13 Å². The fourth-order valence-corrected chi connectivity index (χ4v) is 3.05. The third-order valence-corrected chi connectivity index (χ3v) is 4.16. The quantitative estimate of drug-likeness (QED) is 0.818. The first kappa shape index (κ1) is 16.0. The molecule has 21 heavy (non-hydrogen) atoms. The van der Waals surface area contributed by atoms with Gasteiger partial charge in [-0.25, -0.2) is 4.98 Å². The zero-order chi connectivity index (χ0) is 15.5. The maximum atomic E-state index is 5.82. The van der Waals surface area contributed by atoms with Crippen LogP contribution in [0.2, 0.25) is 0 Å². The van der Waals surface area contributed by atoms with Crippen LogP contribution in [0, 0.1) is 0 Å². The Balaban J connectivity index is 2.37. The maximum absolute atomic E-state index is 5.82. The number of hydrogen-bond donors (Lipinski definition) is 1.